The van der Waals surface area contributed by atoms with Crippen molar-refractivity contribution in [1.82, 2.24) is 14.9 Å². The molecule has 0 saturated carbocycles. The maximum atomic E-state index is 12.1. The van der Waals surface area contributed by atoms with Crippen LogP contribution in [0.3, 0.4) is 0 Å². The van der Waals surface area contributed by atoms with Gasteiger partial charge < -0.3 is 19.4 Å². The zero-order chi connectivity index (χ0) is 16.1. The van der Waals surface area contributed by atoms with Gasteiger partial charge in [0.2, 0.25) is 0 Å². The average Bonchev–Trinajstić information content (AvgIpc) is 3.23. The molecule has 6 nitrogen and oxygen atoms in total. The Balaban J connectivity index is 1.49. The summed E-state index contributed by atoms with van der Waals surface area (Å²) in [5, 5.41) is 2.90. The first-order chi connectivity index (χ1) is 11.2. The van der Waals surface area contributed by atoms with Crippen LogP contribution in [0.25, 0.3) is 0 Å². The van der Waals surface area contributed by atoms with E-state index in [2.05, 4.69) is 10.3 Å². The average molecular weight is 315 g/mol. The number of nitrogens with zero attached hydrogens (tertiary/aromatic N) is 2. The van der Waals surface area contributed by atoms with Crippen LogP contribution in [0.1, 0.15) is 29.0 Å². The van der Waals surface area contributed by atoms with Gasteiger partial charge >= 0.3 is 0 Å². The summed E-state index contributed by atoms with van der Waals surface area (Å²) < 4.78 is 13.1. The first kappa shape index (κ1) is 15.6. The van der Waals surface area contributed by atoms with Crippen molar-refractivity contribution in [3.05, 3.63) is 48.0 Å². The highest BCUT2D eigenvalue weighted by Crippen LogP contribution is 2.14. The molecule has 23 heavy (non-hydrogen) atoms. The number of rotatable bonds is 6. The highest BCUT2D eigenvalue weighted by atomic mass is 16.5. The van der Waals surface area contributed by atoms with Gasteiger partial charge in [-0.1, -0.05) is 0 Å². The highest BCUT2D eigenvalue weighted by Gasteiger charge is 2.16. The lowest BCUT2D eigenvalue weighted by Gasteiger charge is -2.11. The molecule has 0 spiro atoms. The number of aromatic nitrogens is 2. The van der Waals surface area contributed by atoms with E-state index in [0.717, 1.165) is 25.3 Å². The molecule has 1 aromatic heterocycles. The molecular formula is C17H21N3O3. The number of carbonyl (C=O) groups is 1. The fourth-order valence-corrected chi connectivity index (χ4v) is 2.50. The molecule has 0 bridgehead atoms. The van der Waals surface area contributed by atoms with E-state index < -0.39 is 0 Å². The third-order valence-electron chi connectivity index (χ3n) is 3.92. The molecule has 2 heterocycles. The monoisotopic (exact) mass is 315 g/mol. The lowest BCUT2D eigenvalue weighted by Crippen LogP contribution is -2.31. The summed E-state index contributed by atoms with van der Waals surface area (Å²) in [6.45, 7) is 1.76. The van der Waals surface area contributed by atoms with Gasteiger partial charge in [0.05, 0.1) is 6.10 Å². The minimum Gasteiger partial charge on any atom is -0.486 e. The van der Waals surface area contributed by atoms with Crippen LogP contribution in [0, 0.1) is 0 Å². The van der Waals surface area contributed by atoms with Crippen LogP contribution in [0.15, 0.2) is 36.7 Å². The number of benzene rings is 1. The Morgan fingerprint density at radius 1 is 1.43 bits per heavy atom. The fraction of sp³-hybridized carbons (Fsp3) is 0.412. The van der Waals surface area contributed by atoms with Crippen LogP contribution >= 0.6 is 0 Å². The molecule has 1 atom stereocenters. The van der Waals surface area contributed by atoms with E-state index in [9.17, 15) is 4.79 Å². The Labute approximate surface area is 135 Å². The minimum absolute atomic E-state index is 0.0869. The van der Waals surface area contributed by atoms with Gasteiger partial charge in [-0.3, -0.25) is 4.79 Å². The first-order valence-electron chi connectivity index (χ1n) is 7.81. The Morgan fingerprint density at radius 2 is 2.26 bits per heavy atom. The number of imidazole rings is 1. The van der Waals surface area contributed by atoms with Crippen LogP contribution in [-0.2, 0) is 18.4 Å². The van der Waals surface area contributed by atoms with Gasteiger partial charge in [0.1, 0.15) is 18.2 Å². The number of hydrogen-bond donors (Lipinski definition) is 1. The van der Waals surface area contributed by atoms with Crippen LogP contribution < -0.4 is 10.1 Å². The summed E-state index contributed by atoms with van der Waals surface area (Å²) >= 11 is 0. The maximum Gasteiger partial charge on any atom is 0.251 e. The lowest BCUT2D eigenvalue weighted by atomic mass is 10.2. The van der Waals surface area contributed by atoms with E-state index in [1.807, 2.05) is 17.8 Å². The zero-order valence-corrected chi connectivity index (χ0v) is 13.2. The molecule has 1 aromatic carbocycles. The molecular weight excluding hydrogens is 294 g/mol. The summed E-state index contributed by atoms with van der Waals surface area (Å²) in [5.74, 6) is 1.48. The normalized spacial score (nSPS) is 17.2. The number of carbonyl (C=O) groups excluding carboxylic acids is 1. The second-order valence-corrected chi connectivity index (χ2v) is 5.61. The third-order valence-corrected chi connectivity index (χ3v) is 3.92. The first-order valence-corrected chi connectivity index (χ1v) is 7.81. The molecule has 1 saturated heterocycles. The fourth-order valence-electron chi connectivity index (χ4n) is 2.50. The Kier molecular flexibility index (Phi) is 4.92. The van der Waals surface area contributed by atoms with E-state index in [1.165, 1.54) is 0 Å². The zero-order valence-electron chi connectivity index (χ0n) is 13.2. The quantitative estimate of drug-likeness (QED) is 0.884. The van der Waals surface area contributed by atoms with Crippen LogP contribution in [0.4, 0.5) is 0 Å². The second-order valence-electron chi connectivity index (χ2n) is 5.61. The summed E-state index contributed by atoms with van der Waals surface area (Å²) in [6, 6.07) is 7.12. The molecule has 0 unspecified atom stereocenters. The number of amides is 1. The summed E-state index contributed by atoms with van der Waals surface area (Å²) in [7, 11) is 1.92. The predicted molar refractivity (Wildman–Crippen MR) is 85.3 cm³/mol. The highest BCUT2D eigenvalue weighted by molar-refractivity contribution is 5.94. The van der Waals surface area contributed by atoms with Crippen molar-refractivity contribution in [2.45, 2.75) is 25.6 Å². The van der Waals surface area contributed by atoms with Crippen molar-refractivity contribution in [3.8, 4) is 5.75 Å². The SMILES string of the molecule is Cn1ccnc1COc1ccc(C(=O)NC[C@H]2CCCO2)cc1. The summed E-state index contributed by atoms with van der Waals surface area (Å²) in [4.78, 5) is 16.3. The van der Waals surface area contributed by atoms with Gasteiger partial charge in [0.15, 0.2) is 0 Å². The standard InChI is InChI=1S/C17H21N3O3/c1-20-9-8-18-16(20)12-23-14-6-4-13(5-7-14)17(21)19-11-15-3-2-10-22-15/h4-9,15H,2-3,10-12H2,1H3,(H,19,21)/t15-/m1/s1. The van der Waals surface area contributed by atoms with Gasteiger partial charge in [-0.2, -0.15) is 0 Å². The topological polar surface area (TPSA) is 65.4 Å². The Bertz CT molecular complexity index is 645. The molecule has 1 amide bonds. The van der Waals surface area contributed by atoms with Gasteiger partial charge in [-0.15, -0.1) is 0 Å². The molecule has 0 aliphatic carbocycles. The third kappa shape index (κ3) is 4.10. The smallest absolute Gasteiger partial charge is 0.251 e. The summed E-state index contributed by atoms with van der Waals surface area (Å²) in [6.07, 6.45) is 5.85. The number of ether oxygens (including phenoxy) is 2. The molecule has 0 radical (unpaired) electrons. The minimum atomic E-state index is -0.0869. The lowest BCUT2D eigenvalue weighted by molar-refractivity contribution is 0.0857. The van der Waals surface area contributed by atoms with Crippen molar-refractivity contribution < 1.29 is 14.3 Å². The Morgan fingerprint density at radius 3 is 2.91 bits per heavy atom. The molecule has 122 valence electrons. The van der Waals surface area contributed by atoms with Gasteiger partial charge in [-0.25, -0.2) is 4.98 Å². The molecule has 6 heteroatoms. The van der Waals surface area contributed by atoms with E-state index >= 15 is 0 Å². The number of hydrogen-bond acceptors (Lipinski definition) is 4. The molecule has 1 aliphatic heterocycles. The van der Waals surface area contributed by atoms with E-state index in [4.69, 9.17) is 9.47 Å². The second kappa shape index (κ2) is 7.28. The summed E-state index contributed by atoms with van der Waals surface area (Å²) in [5.41, 5.74) is 0.618. The molecule has 2 aromatic rings. The van der Waals surface area contributed by atoms with Crippen LogP contribution in [-0.4, -0.2) is 34.7 Å². The van der Waals surface area contributed by atoms with Gasteiger partial charge in [0.25, 0.3) is 5.91 Å². The van der Waals surface area contributed by atoms with E-state index in [0.29, 0.717) is 24.5 Å². The van der Waals surface area contributed by atoms with Crippen molar-refractivity contribution in [3.63, 3.8) is 0 Å². The maximum absolute atomic E-state index is 12.1. The largest absolute Gasteiger partial charge is 0.486 e. The molecule has 3 rings (SSSR count). The number of nitrogens with one attached hydrogen (secondary N) is 1. The van der Waals surface area contributed by atoms with Gasteiger partial charge in [0, 0.05) is 38.2 Å². The number of aryl methyl sites for hydroxylation is 1. The Hall–Kier alpha value is -2.34. The predicted octanol–water partition coefficient (Wildman–Crippen LogP) is 1.91. The molecule has 1 N–H and O–H groups in total. The van der Waals surface area contributed by atoms with E-state index in [1.54, 1.807) is 30.5 Å². The van der Waals surface area contributed by atoms with Crippen molar-refractivity contribution in [1.29, 1.82) is 0 Å². The van der Waals surface area contributed by atoms with Gasteiger partial charge in [-0.05, 0) is 37.1 Å². The van der Waals surface area contributed by atoms with Crippen LogP contribution in [0.2, 0.25) is 0 Å². The van der Waals surface area contributed by atoms with Crippen molar-refractivity contribution in [2.24, 2.45) is 7.05 Å². The van der Waals surface area contributed by atoms with E-state index in [-0.39, 0.29) is 12.0 Å². The molecule has 1 fully saturated rings. The van der Waals surface area contributed by atoms with Crippen LogP contribution in [0.5, 0.6) is 5.75 Å². The van der Waals surface area contributed by atoms with Crippen molar-refractivity contribution >= 4 is 5.91 Å². The molecule has 1 aliphatic rings. The van der Waals surface area contributed by atoms with Crippen molar-refractivity contribution in [2.75, 3.05) is 13.2 Å².